The van der Waals surface area contributed by atoms with Crippen LogP contribution in [-0.2, 0) is 0 Å². The summed E-state index contributed by atoms with van der Waals surface area (Å²) in [5.74, 6) is 1.59. The molecule has 0 spiro atoms. The summed E-state index contributed by atoms with van der Waals surface area (Å²) in [7, 11) is 3.25. The molecule has 2 aromatic carbocycles. The third-order valence-electron chi connectivity index (χ3n) is 3.90. The minimum atomic E-state index is -0.0693. The Morgan fingerprint density at radius 3 is 2.15 bits per heavy atom. The molecule has 2 heterocycles. The minimum Gasteiger partial charge on any atom is -0.497 e. The van der Waals surface area contributed by atoms with Gasteiger partial charge in [0.15, 0.2) is 0 Å². The molecule has 0 amide bonds. The molecule has 1 N–H and O–H groups in total. The van der Waals surface area contributed by atoms with Gasteiger partial charge in [0.2, 0.25) is 0 Å². The first-order chi connectivity index (χ1) is 12.6. The van der Waals surface area contributed by atoms with E-state index in [1.807, 2.05) is 36.4 Å². The van der Waals surface area contributed by atoms with E-state index in [1.54, 1.807) is 38.7 Å². The van der Waals surface area contributed by atoms with Crippen LogP contribution in [-0.4, -0.2) is 24.2 Å². The number of nitrogens with zero attached hydrogens (tertiary/aromatic N) is 1. The molecule has 0 aliphatic rings. The predicted octanol–water partition coefficient (Wildman–Crippen LogP) is 4.43. The number of hydrogen-bond donors (Lipinski definition) is 1. The number of H-pyrrole nitrogens is 1. The summed E-state index contributed by atoms with van der Waals surface area (Å²) in [5, 5.41) is 4.09. The fraction of sp³-hybridized carbons (Fsp3) is 0.100. The zero-order valence-electron chi connectivity index (χ0n) is 14.3. The minimum absolute atomic E-state index is 0.0693. The molecule has 26 heavy (non-hydrogen) atoms. The first kappa shape index (κ1) is 17.8. The number of nitrogens with one attached hydrogen (secondary N) is 1. The second-order valence-corrected chi connectivity index (χ2v) is 5.81. The Kier molecular flexibility index (Phi) is 5.39. The van der Waals surface area contributed by atoms with E-state index in [-0.39, 0.29) is 5.56 Å². The van der Waals surface area contributed by atoms with Crippen molar-refractivity contribution in [2.75, 3.05) is 14.2 Å². The number of halogens is 1. The van der Waals surface area contributed by atoms with Gasteiger partial charge in [0.25, 0.3) is 5.56 Å². The number of aromatic amines is 1. The van der Waals surface area contributed by atoms with Gasteiger partial charge in [-0.25, -0.2) is 4.98 Å². The maximum absolute atomic E-state index is 11.3. The summed E-state index contributed by atoms with van der Waals surface area (Å²) in [6.45, 7) is 0. The lowest BCUT2D eigenvalue weighted by Crippen LogP contribution is -2.03. The molecule has 0 bridgehead atoms. The van der Waals surface area contributed by atoms with E-state index in [4.69, 9.17) is 21.1 Å². The van der Waals surface area contributed by atoms with Gasteiger partial charge in [-0.05, 0) is 59.3 Å². The van der Waals surface area contributed by atoms with Crippen molar-refractivity contribution < 1.29 is 9.47 Å². The second kappa shape index (κ2) is 7.89. The van der Waals surface area contributed by atoms with E-state index >= 15 is 0 Å². The Balaban J connectivity index is 0.000000151. The topological polar surface area (TPSA) is 64.2 Å². The highest BCUT2D eigenvalue weighted by molar-refractivity contribution is 6.34. The Morgan fingerprint density at radius 2 is 1.50 bits per heavy atom. The van der Waals surface area contributed by atoms with Crippen LogP contribution in [0.3, 0.4) is 0 Å². The molecule has 2 aromatic heterocycles. The lowest BCUT2D eigenvalue weighted by atomic mass is 10.2. The van der Waals surface area contributed by atoms with Crippen LogP contribution in [0.2, 0.25) is 5.15 Å². The molecule has 0 atom stereocenters. The molecule has 0 saturated carbocycles. The number of fused-ring (bicyclic) bond motifs is 2. The lowest BCUT2D eigenvalue weighted by Gasteiger charge is -2.02. The van der Waals surface area contributed by atoms with Gasteiger partial charge in [-0.15, -0.1) is 0 Å². The van der Waals surface area contributed by atoms with E-state index in [2.05, 4.69) is 9.97 Å². The molecule has 0 aliphatic heterocycles. The zero-order valence-corrected chi connectivity index (χ0v) is 15.1. The monoisotopic (exact) mass is 368 g/mol. The van der Waals surface area contributed by atoms with E-state index in [9.17, 15) is 4.79 Å². The van der Waals surface area contributed by atoms with Crippen molar-refractivity contribution in [3.05, 3.63) is 76.4 Å². The third-order valence-corrected chi connectivity index (χ3v) is 4.20. The van der Waals surface area contributed by atoms with Gasteiger partial charge in [0, 0.05) is 23.2 Å². The molecule has 4 aromatic rings. The number of rotatable bonds is 2. The fourth-order valence-corrected chi connectivity index (χ4v) is 2.77. The number of benzene rings is 2. The van der Waals surface area contributed by atoms with Crippen LogP contribution in [0, 0.1) is 0 Å². The van der Waals surface area contributed by atoms with Crippen molar-refractivity contribution >= 4 is 33.1 Å². The Hall–Kier alpha value is -3.05. The average Bonchev–Trinajstić information content (AvgIpc) is 2.68. The molecule has 0 radical (unpaired) electrons. The highest BCUT2D eigenvalue weighted by Gasteiger charge is 2.00. The number of hydrogen-bond acceptors (Lipinski definition) is 4. The molecule has 0 aliphatic carbocycles. The Bertz CT molecular complexity index is 1110. The zero-order chi connectivity index (χ0) is 18.5. The molecule has 4 rings (SSSR count). The number of aromatic nitrogens is 2. The van der Waals surface area contributed by atoms with Crippen LogP contribution in [0.15, 0.2) is 65.7 Å². The molecule has 132 valence electrons. The van der Waals surface area contributed by atoms with Crippen molar-refractivity contribution in [3.8, 4) is 11.5 Å². The second-order valence-electron chi connectivity index (χ2n) is 5.45. The molecule has 0 fully saturated rings. The molecule has 0 unspecified atom stereocenters. The maximum atomic E-state index is 11.3. The number of methoxy groups -OCH3 is 2. The molecular weight excluding hydrogens is 352 g/mol. The van der Waals surface area contributed by atoms with Gasteiger partial charge < -0.3 is 14.5 Å². The van der Waals surface area contributed by atoms with Crippen LogP contribution in [0.25, 0.3) is 21.5 Å². The highest BCUT2D eigenvalue weighted by Crippen LogP contribution is 2.24. The average molecular weight is 369 g/mol. The van der Waals surface area contributed by atoms with Gasteiger partial charge >= 0.3 is 0 Å². The van der Waals surface area contributed by atoms with Crippen LogP contribution in [0.5, 0.6) is 11.5 Å². The van der Waals surface area contributed by atoms with E-state index in [0.29, 0.717) is 10.5 Å². The summed E-state index contributed by atoms with van der Waals surface area (Å²) in [6, 6.07) is 14.8. The van der Waals surface area contributed by atoms with Crippen molar-refractivity contribution in [3.63, 3.8) is 0 Å². The summed E-state index contributed by atoms with van der Waals surface area (Å²) in [4.78, 5) is 17.9. The van der Waals surface area contributed by atoms with Crippen LogP contribution in [0.1, 0.15) is 0 Å². The quantitative estimate of drug-likeness (QED) is 0.531. The lowest BCUT2D eigenvalue weighted by molar-refractivity contribution is 0.415. The number of ether oxygens (including phenoxy) is 2. The smallest absolute Gasteiger partial charge is 0.255 e. The van der Waals surface area contributed by atoms with Gasteiger partial charge in [-0.1, -0.05) is 11.6 Å². The van der Waals surface area contributed by atoms with Crippen LogP contribution < -0.4 is 15.0 Å². The van der Waals surface area contributed by atoms with Crippen LogP contribution >= 0.6 is 11.6 Å². The van der Waals surface area contributed by atoms with E-state index in [1.165, 1.54) is 0 Å². The summed E-state index contributed by atoms with van der Waals surface area (Å²) in [5.41, 5.74) is -0.0693. The highest BCUT2D eigenvalue weighted by atomic mass is 35.5. The molecule has 5 nitrogen and oxygen atoms in total. The first-order valence-corrected chi connectivity index (χ1v) is 8.24. The summed E-state index contributed by atoms with van der Waals surface area (Å²) >= 11 is 5.90. The van der Waals surface area contributed by atoms with Crippen molar-refractivity contribution in [2.45, 2.75) is 0 Å². The standard InChI is InChI=1S/C10H8ClNO.C10H9NO2/c1-13-8-2-3-9-7(6-8)4-5-12-10(9)11;1-13-8-2-3-9-7(6-8)4-5-11-10(9)12/h2-6H,1H3;2-6H,1H3,(H,11,12). The summed E-state index contributed by atoms with van der Waals surface area (Å²) < 4.78 is 10.1. The fourth-order valence-electron chi connectivity index (χ4n) is 2.54. The largest absolute Gasteiger partial charge is 0.497 e. The maximum Gasteiger partial charge on any atom is 0.255 e. The first-order valence-electron chi connectivity index (χ1n) is 7.86. The molecular formula is C20H17ClN2O3. The van der Waals surface area contributed by atoms with Crippen molar-refractivity contribution in [2.24, 2.45) is 0 Å². The molecule has 6 heteroatoms. The third kappa shape index (κ3) is 3.78. The summed E-state index contributed by atoms with van der Waals surface area (Å²) in [6.07, 6.45) is 3.31. The van der Waals surface area contributed by atoms with Crippen LogP contribution in [0.4, 0.5) is 0 Å². The Morgan fingerprint density at radius 1 is 0.885 bits per heavy atom. The SMILES string of the molecule is COc1ccc2c(=O)[nH]ccc2c1.COc1ccc2c(Cl)nccc2c1. The molecule has 0 saturated heterocycles. The van der Waals surface area contributed by atoms with Gasteiger partial charge in [0.05, 0.1) is 14.2 Å². The van der Waals surface area contributed by atoms with E-state index in [0.717, 1.165) is 27.7 Å². The number of pyridine rings is 2. The van der Waals surface area contributed by atoms with E-state index < -0.39 is 0 Å². The van der Waals surface area contributed by atoms with Crippen molar-refractivity contribution in [1.29, 1.82) is 0 Å². The Labute approximate surface area is 155 Å². The van der Waals surface area contributed by atoms with Crippen molar-refractivity contribution in [1.82, 2.24) is 9.97 Å². The van der Waals surface area contributed by atoms with Gasteiger partial charge in [0.1, 0.15) is 16.7 Å². The van der Waals surface area contributed by atoms with Gasteiger partial charge in [-0.2, -0.15) is 0 Å². The van der Waals surface area contributed by atoms with Gasteiger partial charge in [-0.3, -0.25) is 4.79 Å². The normalized spacial score (nSPS) is 10.3. The predicted molar refractivity (Wildman–Crippen MR) is 104 cm³/mol.